The Balaban J connectivity index is 1.87. The Morgan fingerprint density at radius 3 is 2.74 bits per heavy atom. The highest BCUT2D eigenvalue weighted by molar-refractivity contribution is 8.18. The standard InChI is InChI=1S/C23H27ClN2O4S/c1-3-10-25-23-26(19-7-5-4-6-15(19)2)22(29)21(31-23)12-16-8-9-20(18(24)11-16)30-14-17(28)13-27/h4-9,11-12,17,22,27-29H,3,10,13-14H2,1-2H3/b21-12-,25-23-/t17-,22?/m1/s1. The summed E-state index contributed by atoms with van der Waals surface area (Å²) in [6.45, 7) is 4.34. The van der Waals surface area contributed by atoms with Crippen LogP contribution in [0.25, 0.3) is 6.08 Å². The molecule has 3 N–H and O–H groups in total. The highest BCUT2D eigenvalue weighted by Crippen LogP contribution is 2.40. The van der Waals surface area contributed by atoms with Gasteiger partial charge in [0.1, 0.15) is 18.5 Å². The maximum atomic E-state index is 11.1. The smallest absolute Gasteiger partial charge is 0.170 e. The number of halogens is 1. The SMILES string of the molecule is CCC/N=C1\S/C(=C\c2ccc(OC[C@H](O)CO)c(Cl)c2)C(O)N1c1ccccc1C. The van der Waals surface area contributed by atoms with Crippen LogP contribution in [0.5, 0.6) is 5.75 Å². The highest BCUT2D eigenvalue weighted by atomic mass is 35.5. The molecule has 3 rings (SSSR count). The molecule has 1 unspecified atom stereocenters. The monoisotopic (exact) mass is 462 g/mol. The number of nitrogens with zero attached hydrogens (tertiary/aromatic N) is 2. The van der Waals surface area contributed by atoms with Gasteiger partial charge in [0.15, 0.2) is 11.4 Å². The highest BCUT2D eigenvalue weighted by Gasteiger charge is 2.35. The van der Waals surface area contributed by atoms with Crippen LogP contribution in [-0.4, -0.2) is 52.6 Å². The van der Waals surface area contributed by atoms with Crippen molar-refractivity contribution in [2.75, 3.05) is 24.7 Å². The second-order valence-corrected chi connectivity index (χ2v) is 8.63. The van der Waals surface area contributed by atoms with Crippen LogP contribution in [0.4, 0.5) is 5.69 Å². The van der Waals surface area contributed by atoms with Crippen LogP contribution in [0, 0.1) is 6.92 Å². The summed E-state index contributed by atoms with van der Waals surface area (Å²) in [6.07, 6.45) is 0.989. The van der Waals surface area contributed by atoms with E-state index in [4.69, 9.17) is 21.4 Å². The third-order valence-electron chi connectivity index (χ3n) is 4.67. The lowest BCUT2D eigenvalue weighted by Crippen LogP contribution is -2.33. The van der Waals surface area contributed by atoms with Crippen molar-refractivity contribution >= 4 is 40.3 Å². The van der Waals surface area contributed by atoms with Crippen LogP contribution in [0.3, 0.4) is 0 Å². The number of amidine groups is 1. The Kier molecular flexibility index (Phi) is 8.40. The molecule has 1 fully saturated rings. The van der Waals surface area contributed by atoms with E-state index < -0.39 is 12.3 Å². The first kappa shape index (κ1) is 23.6. The van der Waals surface area contributed by atoms with Crippen molar-refractivity contribution in [2.45, 2.75) is 32.6 Å². The molecule has 8 heteroatoms. The second kappa shape index (κ2) is 11.0. The van der Waals surface area contributed by atoms with E-state index in [9.17, 15) is 10.2 Å². The molecule has 1 aliphatic rings. The minimum Gasteiger partial charge on any atom is -0.489 e. The van der Waals surface area contributed by atoms with Crippen LogP contribution >= 0.6 is 23.4 Å². The van der Waals surface area contributed by atoms with E-state index in [0.717, 1.165) is 33.3 Å². The molecule has 0 bridgehead atoms. The van der Waals surface area contributed by atoms with Crippen LogP contribution in [0.15, 0.2) is 52.4 Å². The molecule has 0 spiro atoms. The molecule has 2 aromatic carbocycles. The first-order valence-corrected chi connectivity index (χ1v) is 11.3. The molecular weight excluding hydrogens is 436 g/mol. The molecule has 1 saturated heterocycles. The van der Waals surface area contributed by atoms with Crippen molar-refractivity contribution < 1.29 is 20.1 Å². The Labute approximate surface area is 191 Å². The first-order chi connectivity index (χ1) is 14.9. The predicted molar refractivity (Wildman–Crippen MR) is 128 cm³/mol. The zero-order valence-electron chi connectivity index (χ0n) is 17.5. The summed E-state index contributed by atoms with van der Waals surface area (Å²) < 4.78 is 5.44. The van der Waals surface area contributed by atoms with Gasteiger partial charge in [0.2, 0.25) is 0 Å². The fourth-order valence-electron chi connectivity index (χ4n) is 3.05. The zero-order valence-corrected chi connectivity index (χ0v) is 19.1. The number of hydrogen-bond donors (Lipinski definition) is 3. The Morgan fingerprint density at radius 2 is 2.06 bits per heavy atom. The van der Waals surface area contributed by atoms with Crippen LogP contribution in [-0.2, 0) is 0 Å². The predicted octanol–water partition coefficient (Wildman–Crippen LogP) is 4.06. The summed E-state index contributed by atoms with van der Waals surface area (Å²) in [4.78, 5) is 7.28. The quantitative estimate of drug-likeness (QED) is 0.548. The number of aryl methyl sites for hydroxylation is 1. The van der Waals surface area contributed by atoms with Gasteiger partial charge in [-0.3, -0.25) is 9.89 Å². The second-order valence-electron chi connectivity index (χ2n) is 7.18. The fraction of sp³-hybridized carbons (Fsp3) is 0.348. The molecule has 0 radical (unpaired) electrons. The molecule has 0 saturated carbocycles. The lowest BCUT2D eigenvalue weighted by molar-refractivity contribution is 0.0536. The van der Waals surface area contributed by atoms with E-state index in [1.165, 1.54) is 11.8 Å². The first-order valence-electron chi connectivity index (χ1n) is 10.1. The molecule has 6 nitrogen and oxygen atoms in total. The third kappa shape index (κ3) is 5.81. The largest absolute Gasteiger partial charge is 0.489 e. The summed E-state index contributed by atoms with van der Waals surface area (Å²) in [6, 6.07) is 13.2. The van der Waals surface area contributed by atoms with Crippen molar-refractivity contribution in [3.8, 4) is 5.75 Å². The van der Waals surface area contributed by atoms with Crippen molar-refractivity contribution in [3.63, 3.8) is 0 Å². The zero-order chi connectivity index (χ0) is 22.4. The summed E-state index contributed by atoms with van der Waals surface area (Å²) in [5, 5.41) is 30.6. The number of aliphatic imine (C=N–C) groups is 1. The summed E-state index contributed by atoms with van der Waals surface area (Å²) in [5.41, 5.74) is 2.79. The maximum Gasteiger partial charge on any atom is 0.170 e. The van der Waals surface area contributed by atoms with Gasteiger partial charge in [0, 0.05) is 17.1 Å². The number of thioether (sulfide) groups is 1. The lowest BCUT2D eigenvalue weighted by atomic mass is 10.1. The van der Waals surface area contributed by atoms with E-state index >= 15 is 0 Å². The maximum absolute atomic E-state index is 11.1. The molecule has 31 heavy (non-hydrogen) atoms. The van der Waals surface area contributed by atoms with E-state index in [-0.39, 0.29) is 13.2 Å². The number of ether oxygens (including phenoxy) is 1. The number of aliphatic hydroxyl groups is 3. The van der Waals surface area contributed by atoms with Gasteiger partial charge in [-0.2, -0.15) is 0 Å². The Bertz CT molecular complexity index is 966. The fourth-order valence-corrected chi connectivity index (χ4v) is 4.37. The number of benzene rings is 2. The van der Waals surface area contributed by atoms with Gasteiger partial charge in [-0.1, -0.05) is 54.6 Å². The number of aliphatic hydroxyl groups excluding tert-OH is 3. The van der Waals surface area contributed by atoms with Crippen molar-refractivity contribution in [1.82, 2.24) is 0 Å². The van der Waals surface area contributed by atoms with Gasteiger partial charge in [0.25, 0.3) is 0 Å². The van der Waals surface area contributed by atoms with Crippen molar-refractivity contribution in [1.29, 1.82) is 0 Å². The summed E-state index contributed by atoms with van der Waals surface area (Å²) in [7, 11) is 0. The third-order valence-corrected chi connectivity index (χ3v) is 6.03. The molecule has 1 aliphatic heterocycles. The minimum absolute atomic E-state index is 0.0478. The normalized spacial score (nSPS) is 19.9. The summed E-state index contributed by atoms with van der Waals surface area (Å²) in [5.74, 6) is 0.419. The Hall–Kier alpha value is -2.03. The Morgan fingerprint density at radius 1 is 1.29 bits per heavy atom. The minimum atomic E-state index is -0.962. The van der Waals surface area contributed by atoms with Crippen LogP contribution in [0.1, 0.15) is 24.5 Å². The summed E-state index contributed by atoms with van der Waals surface area (Å²) >= 11 is 7.76. The lowest BCUT2D eigenvalue weighted by Gasteiger charge is -2.24. The van der Waals surface area contributed by atoms with Gasteiger partial charge in [-0.25, -0.2) is 0 Å². The van der Waals surface area contributed by atoms with Crippen molar-refractivity contribution in [2.24, 2.45) is 4.99 Å². The number of rotatable bonds is 8. The molecule has 2 aromatic rings. The van der Waals surface area contributed by atoms with E-state index in [1.807, 2.05) is 48.2 Å². The molecule has 0 aliphatic carbocycles. The van der Waals surface area contributed by atoms with Gasteiger partial charge >= 0.3 is 0 Å². The number of hydrogen-bond acceptors (Lipinski definition) is 6. The van der Waals surface area contributed by atoms with E-state index in [1.54, 1.807) is 12.1 Å². The average molecular weight is 463 g/mol. The molecule has 1 heterocycles. The van der Waals surface area contributed by atoms with E-state index in [0.29, 0.717) is 17.3 Å². The number of anilines is 1. The van der Waals surface area contributed by atoms with Crippen LogP contribution < -0.4 is 9.64 Å². The van der Waals surface area contributed by atoms with Gasteiger partial charge in [-0.15, -0.1) is 0 Å². The van der Waals surface area contributed by atoms with Crippen LogP contribution in [0.2, 0.25) is 5.02 Å². The van der Waals surface area contributed by atoms with Crippen molar-refractivity contribution in [3.05, 3.63) is 63.5 Å². The van der Waals surface area contributed by atoms with Gasteiger partial charge < -0.3 is 20.1 Å². The molecule has 166 valence electrons. The average Bonchev–Trinajstić information content (AvgIpc) is 3.06. The molecule has 2 atom stereocenters. The van der Waals surface area contributed by atoms with Gasteiger partial charge in [-0.05, 0) is 48.7 Å². The molecule has 0 amide bonds. The molecular formula is C23H27ClN2O4S. The number of para-hydroxylation sites is 1. The van der Waals surface area contributed by atoms with E-state index in [2.05, 4.69) is 11.9 Å². The topological polar surface area (TPSA) is 85.5 Å². The van der Waals surface area contributed by atoms with Gasteiger partial charge in [0.05, 0.1) is 11.6 Å². The molecule has 0 aromatic heterocycles.